The molecule has 0 bridgehead atoms. The first-order valence-corrected chi connectivity index (χ1v) is 8.64. The number of hydrogen-bond donors (Lipinski definition) is 1. The van der Waals surface area contributed by atoms with Crippen molar-refractivity contribution in [2.24, 2.45) is 0 Å². The molecule has 1 N–H and O–H groups in total. The quantitative estimate of drug-likeness (QED) is 0.677. The van der Waals surface area contributed by atoms with E-state index in [0.29, 0.717) is 5.56 Å². The van der Waals surface area contributed by atoms with Gasteiger partial charge in [0.05, 0.1) is 7.11 Å². The first kappa shape index (κ1) is 18.0. The van der Waals surface area contributed by atoms with Crippen LogP contribution >= 0.6 is 0 Å². The van der Waals surface area contributed by atoms with Gasteiger partial charge in [0.2, 0.25) is 0 Å². The number of ketones is 1. The number of allylic oxidation sites excluding steroid dienone is 1. The summed E-state index contributed by atoms with van der Waals surface area (Å²) in [7, 11) is 5.49. The summed E-state index contributed by atoms with van der Waals surface area (Å²) in [4.78, 5) is 19.0. The molecule has 2 heterocycles. The third-order valence-electron chi connectivity index (χ3n) is 4.48. The van der Waals surface area contributed by atoms with E-state index in [1.54, 1.807) is 19.4 Å². The van der Waals surface area contributed by atoms with E-state index in [0.717, 1.165) is 29.2 Å². The van der Waals surface area contributed by atoms with Crippen molar-refractivity contribution in [1.82, 2.24) is 10.3 Å². The van der Waals surface area contributed by atoms with E-state index in [1.165, 1.54) is 5.56 Å². The molecule has 2 aromatic rings. The van der Waals surface area contributed by atoms with Crippen LogP contribution in [0.2, 0.25) is 0 Å². The average Bonchev–Trinajstić information content (AvgIpc) is 2.60. The molecule has 0 fully saturated rings. The van der Waals surface area contributed by atoms with Crippen LogP contribution in [0.25, 0.3) is 5.70 Å². The topological polar surface area (TPSA) is 54.5 Å². The van der Waals surface area contributed by atoms with Gasteiger partial charge in [0.25, 0.3) is 0 Å². The molecular formula is C21H25N3O2. The third kappa shape index (κ3) is 3.72. The number of carbonyl (C=O) groups is 1. The van der Waals surface area contributed by atoms with Crippen LogP contribution in [0.1, 0.15) is 35.3 Å². The monoisotopic (exact) mass is 351 g/mol. The molecule has 5 heteroatoms. The van der Waals surface area contributed by atoms with E-state index < -0.39 is 0 Å². The molecule has 0 amide bonds. The minimum Gasteiger partial charge on any atom is -0.497 e. The van der Waals surface area contributed by atoms with Crippen molar-refractivity contribution >= 4 is 17.3 Å². The predicted molar refractivity (Wildman–Crippen MR) is 105 cm³/mol. The second-order valence-corrected chi connectivity index (χ2v) is 7.43. The second kappa shape index (κ2) is 6.83. The van der Waals surface area contributed by atoms with Gasteiger partial charge in [-0.25, -0.2) is 4.98 Å². The predicted octanol–water partition coefficient (Wildman–Crippen LogP) is 3.30. The molecule has 0 atom stereocenters. The summed E-state index contributed by atoms with van der Waals surface area (Å²) in [5, 5.41) is 3.49. The van der Waals surface area contributed by atoms with Crippen LogP contribution in [0.5, 0.6) is 5.75 Å². The van der Waals surface area contributed by atoms with Crippen molar-refractivity contribution in [2.45, 2.75) is 25.8 Å². The van der Waals surface area contributed by atoms with Gasteiger partial charge in [-0.1, -0.05) is 6.07 Å². The van der Waals surface area contributed by atoms with Crippen LogP contribution in [-0.2, 0) is 6.42 Å². The highest BCUT2D eigenvalue weighted by Gasteiger charge is 2.28. The number of aromatic nitrogens is 1. The average molecular weight is 351 g/mol. The van der Waals surface area contributed by atoms with Gasteiger partial charge in [0, 0.05) is 48.7 Å². The van der Waals surface area contributed by atoms with Crippen molar-refractivity contribution < 1.29 is 9.53 Å². The molecule has 1 aromatic carbocycles. The van der Waals surface area contributed by atoms with Crippen LogP contribution in [0.4, 0.5) is 5.82 Å². The fraction of sp³-hybridized carbons (Fsp3) is 0.333. The zero-order valence-electron chi connectivity index (χ0n) is 16.0. The number of pyridine rings is 1. The van der Waals surface area contributed by atoms with Crippen molar-refractivity contribution in [3.8, 4) is 5.75 Å². The Morgan fingerprint density at radius 1 is 1.27 bits per heavy atom. The number of ether oxygens (including phenoxy) is 1. The van der Waals surface area contributed by atoms with Gasteiger partial charge in [-0.15, -0.1) is 0 Å². The van der Waals surface area contributed by atoms with Gasteiger partial charge in [-0.2, -0.15) is 0 Å². The van der Waals surface area contributed by atoms with Crippen LogP contribution < -0.4 is 15.0 Å². The Morgan fingerprint density at radius 2 is 2.04 bits per heavy atom. The highest BCUT2D eigenvalue weighted by atomic mass is 16.5. The molecule has 1 aromatic heterocycles. The molecule has 26 heavy (non-hydrogen) atoms. The maximum Gasteiger partial charge on any atom is 0.189 e. The molecule has 0 saturated carbocycles. The van der Waals surface area contributed by atoms with Gasteiger partial charge >= 0.3 is 0 Å². The Morgan fingerprint density at radius 3 is 2.65 bits per heavy atom. The molecule has 0 unspecified atom stereocenters. The zero-order valence-corrected chi connectivity index (χ0v) is 16.0. The van der Waals surface area contributed by atoms with Crippen LogP contribution in [0.3, 0.4) is 0 Å². The molecule has 1 aliphatic rings. The minimum absolute atomic E-state index is 0.0724. The van der Waals surface area contributed by atoms with E-state index in [4.69, 9.17) is 4.74 Å². The summed E-state index contributed by atoms with van der Waals surface area (Å²) in [5.41, 5.74) is 3.47. The summed E-state index contributed by atoms with van der Waals surface area (Å²) < 4.78 is 5.35. The molecule has 136 valence electrons. The largest absolute Gasteiger partial charge is 0.497 e. The number of benzene rings is 1. The molecule has 0 radical (unpaired) electrons. The highest BCUT2D eigenvalue weighted by molar-refractivity contribution is 6.08. The summed E-state index contributed by atoms with van der Waals surface area (Å²) in [6, 6.07) is 9.67. The fourth-order valence-corrected chi connectivity index (χ4v) is 3.16. The number of nitrogens with one attached hydrogen (secondary N) is 1. The molecule has 5 nitrogen and oxygen atoms in total. The fourth-order valence-electron chi connectivity index (χ4n) is 3.16. The van der Waals surface area contributed by atoms with Crippen LogP contribution in [-0.4, -0.2) is 37.5 Å². The van der Waals surface area contributed by atoms with Crippen molar-refractivity contribution in [3.63, 3.8) is 0 Å². The third-order valence-corrected chi connectivity index (χ3v) is 4.48. The normalized spacial score (nSPS) is 16.6. The Hall–Kier alpha value is -2.82. The number of anilines is 1. The molecule has 1 aliphatic heterocycles. The van der Waals surface area contributed by atoms with Gasteiger partial charge < -0.3 is 15.0 Å². The Balaban J connectivity index is 1.97. The van der Waals surface area contributed by atoms with Crippen molar-refractivity contribution in [2.75, 3.05) is 26.1 Å². The van der Waals surface area contributed by atoms with Crippen molar-refractivity contribution in [1.29, 1.82) is 0 Å². The maximum atomic E-state index is 12.8. The lowest BCUT2D eigenvalue weighted by atomic mass is 9.85. The van der Waals surface area contributed by atoms with E-state index in [1.807, 2.05) is 43.3 Å². The molecule has 3 rings (SSSR count). The lowest BCUT2D eigenvalue weighted by Gasteiger charge is -2.35. The first-order valence-electron chi connectivity index (χ1n) is 8.64. The van der Waals surface area contributed by atoms with Crippen LogP contribution in [0.15, 0.2) is 42.6 Å². The van der Waals surface area contributed by atoms with Gasteiger partial charge in [-0.05, 0) is 50.1 Å². The number of carbonyl (C=O) groups excluding carboxylic acids is 1. The molecular weight excluding hydrogens is 326 g/mol. The van der Waals surface area contributed by atoms with E-state index in [-0.39, 0.29) is 11.3 Å². The van der Waals surface area contributed by atoms with E-state index in [2.05, 4.69) is 30.2 Å². The summed E-state index contributed by atoms with van der Waals surface area (Å²) in [6.45, 7) is 4.26. The second-order valence-electron chi connectivity index (χ2n) is 7.43. The van der Waals surface area contributed by atoms with Crippen LogP contribution in [0, 0.1) is 0 Å². The maximum absolute atomic E-state index is 12.8. The lowest BCUT2D eigenvalue weighted by Crippen LogP contribution is -2.43. The Labute approximate surface area is 154 Å². The Kier molecular flexibility index (Phi) is 4.72. The number of hydrogen-bond acceptors (Lipinski definition) is 5. The van der Waals surface area contributed by atoms with Crippen molar-refractivity contribution in [3.05, 3.63) is 59.3 Å². The van der Waals surface area contributed by atoms with E-state index >= 15 is 0 Å². The SMILES string of the molecule is COc1ccc2c(c1)C(=CC(=O)c1ccc(N(C)C)nc1)NC(C)(C)C2. The minimum atomic E-state index is -0.124. The molecule has 0 aliphatic carbocycles. The van der Waals surface area contributed by atoms with Gasteiger partial charge in [0.15, 0.2) is 5.78 Å². The first-order chi connectivity index (χ1) is 12.3. The highest BCUT2D eigenvalue weighted by Crippen LogP contribution is 2.32. The summed E-state index contributed by atoms with van der Waals surface area (Å²) in [6.07, 6.45) is 4.16. The lowest BCUT2D eigenvalue weighted by molar-refractivity contribution is 0.104. The number of nitrogens with zero attached hydrogens (tertiary/aromatic N) is 2. The molecule has 0 spiro atoms. The summed E-state index contributed by atoms with van der Waals surface area (Å²) >= 11 is 0. The standard InChI is InChI=1S/C21H25N3O2/c1-21(2)12-14-6-8-16(26-5)10-17(14)18(23-21)11-19(25)15-7-9-20(22-13-15)24(3)4/h6-11,13,23H,12H2,1-5H3. The Bertz CT molecular complexity index is 852. The van der Waals surface area contributed by atoms with Gasteiger partial charge in [0.1, 0.15) is 11.6 Å². The zero-order chi connectivity index (χ0) is 18.9. The number of rotatable bonds is 4. The smallest absolute Gasteiger partial charge is 0.189 e. The van der Waals surface area contributed by atoms with Gasteiger partial charge in [-0.3, -0.25) is 4.79 Å². The summed E-state index contributed by atoms with van der Waals surface area (Å²) in [5.74, 6) is 1.53. The number of methoxy groups -OCH3 is 1. The molecule has 0 saturated heterocycles. The van der Waals surface area contributed by atoms with E-state index in [9.17, 15) is 4.79 Å². The number of fused-ring (bicyclic) bond motifs is 1.